The van der Waals surface area contributed by atoms with Crippen molar-refractivity contribution < 1.29 is 15.1 Å². The molecule has 20 heavy (non-hydrogen) atoms. The van der Waals surface area contributed by atoms with Crippen LogP contribution in [0.3, 0.4) is 0 Å². The van der Waals surface area contributed by atoms with Gasteiger partial charge < -0.3 is 26.1 Å². The zero-order valence-electron chi connectivity index (χ0n) is 11.7. The second kappa shape index (κ2) is 9.30. The molecule has 0 bridgehead atoms. The molecule has 112 valence electrons. The number of nitrogens with one attached hydrogen (secondary N) is 1. The van der Waals surface area contributed by atoms with E-state index in [0.717, 1.165) is 5.56 Å². The van der Waals surface area contributed by atoms with Gasteiger partial charge in [-0.1, -0.05) is 35.5 Å². The summed E-state index contributed by atoms with van der Waals surface area (Å²) in [6.45, 7) is 0.931. The van der Waals surface area contributed by atoms with Crippen LogP contribution in [-0.4, -0.2) is 42.5 Å². The van der Waals surface area contributed by atoms with Gasteiger partial charge in [0.1, 0.15) is 5.84 Å². The SMILES string of the molecule is COCC(O)CCNC(C/C(N)=N/O)c1ccccc1. The molecule has 0 spiro atoms. The lowest BCUT2D eigenvalue weighted by molar-refractivity contribution is 0.0590. The summed E-state index contributed by atoms with van der Waals surface area (Å²) in [5.74, 6) is 0.170. The number of aliphatic hydroxyl groups is 1. The van der Waals surface area contributed by atoms with Crippen LogP contribution in [0.2, 0.25) is 0 Å². The fourth-order valence-electron chi connectivity index (χ4n) is 1.94. The smallest absolute Gasteiger partial charge is 0.141 e. The Kier molecular flexibility index (Phi) is 7.64. The highest BCUT2D eigenvalue weighted by molar-refractivity contribution is 5.80. The molecule has 6 nitrogen and oxygen atoms in total. The highest BCUT2D eigenvalue weighted by Gasteiger charge is 2.13. The molecule has 0 aliphatic rings. The molecular weight excluding hydrogens is 258 g/mol. The Hall–Kier alpha value is -1.63. The number of hydrogen-bond acceptors (Lipinski definition) is 5. The summed E-state index contributed by atoms with van der Waals surface area (Å²) in [4.78, 5) is 0. The van der Waals surface area contributed by atoms with E-state index >= 15 is 0 Å². The zero-order valence-corrected chi connectivity index (χ0v) is 11.7. The van der Waals surface area contributed by atoms with E-state index in [-0.39, 0.29) is 11.9 Å². The summed E-state index contributed by atoms with van der Waals surface area (Å²) >= 11 is 0. The molecule has 0 heterocycles. The molecular formula is C14H23N3O3. The van der Waals surface area contributed by atoms with E-state index in [0.29, 0.717) is 26.0 Å². The normalized spacial score (nSPS) is 15.0. The van der Waals surface area contributed by atoms with Crippen LogP contribution < -0.4 is 11.1 Å². The third kappa shape index (κ3) is 6.01. The molecule has 0 aromatic heterocycles. The van der Waals surface area contributed by atoms with E-state index in [1.165, 1.54) is 0 Å². The van der Waals surface area contributed by atoms with Gasteiger partial charge in [-0.3, -0.25) is 0 Å². The van der Waals surface area contributed by atoms with Crippen LogP contribution in [-0.2, 0) is 4.74 Å². The number of ether oxygens (including phenoxy) is 1. The van der Waals surface area contributed by atoms with Crippen LogP contribution in [0.15, 0.2) is 35.5 Å². The second-order valence-corrected chi connectivity index (χ2v) is 4.61. The van der Waals surface area contributed by atoms with E-state index < -0.39 is 6.10 Å². The summed E-state index contributed by atoms with van der Waals surface area (Å²) in [5, 5.41) is 24.6. The van der Waals surface area contributed by atoms with Crippen molar-refractivity contribution in [3.8, 4) is 0 Å². The van der Waals surface area contributed by atoms with Crippen molar-refractivity contribution in [3.63, 3.8) is 0 Å². The molecule has 1 aromatic rings. The molecule has 0 saturated heterocycles. The first-order valence-corrected chi connectivity index (χ1v) is 6.59. The molecule has 1 aromatic carbocycles. The van der Waals surface area contributed by atoms with Crippen LogP contribution in [0.4, 0.5) is 0 Å². The second-order valence-electron chi connectivity index (χ2n) is 4.61. The van der Waals surface area contributed by atoms with Gasteiger partial charge >= 0.3 is 0 Å². The maximum absolute atomic E-state index is 9.61. The lowest BCUT2D eigenvalue weighted by atomic mass is 10.0. The predicted octanol–water partition coefficient (Wildman–Crippen LogP) is 0.851. The first-order chi connectivity index (χ1) is 9.67. The van der Waals surface area contributed by atoms with E-state index in [1.807, 2.05) is 30.3 Å². The van der Waals surface area contributed by atoms with Crippen LogP contribution in [0, 0.1) is 0 Å². The zero-order chi connectivity index (χ0) is 14.8. The molecule has 0 fully saturated rings. The standard InChI is InChI=1S/C14H23N3O3/c1-20-10-12(18)7-8-16-13(9-14(15)17-19)11-5-3-2-4-6-11/h2-6,12-13,16,18-19H,7-10H2,1H3,(H2,15,17). The van der Waals surface area contributed by atoms with Crippen LogP contribution in [0.5, 0.6) is 0 Å². The maximum Gasteiger partial charge on any atom is 0.141 e. The highest BCUT2D eigenvalue weighted by atomic mass is 16.5. The Morgan fingerprint density at radius 2 is 2.10 bits per heavy atom. The molecule has 5 N–H and O–H groups in total. The van der Waals surface area contributed by atoms with Gasteiger partial charge in [0.2, 0.25) is 0 Å². The number of nitrogens with zero attached hydrogens (tertiary/aromatic N) is 1. The molecule has 2 unspecified atom stereocenters. The van der Waals surface area contributed by atoms with E-state index in [2.05, 4.69) is 10.5 Å². The number of nitrogens with two attached hydrogens (primary N) is 1. The lowest BCUT2D eigenvalue weighted by Gasteiger charge is -2.19. The summed E-state index contributed by atoms with van der Waals surface area (Å²) in [5.41, 5.74) is 6.64. The molecule has 0 aliphatic carbocycles. The Bertz CT molecular complexity index is 398. The van der Waals surface area contributed by atoms with Crippen molar-refractivity contribution in [2.24, 2.45) is 10.9 Å². The van der Waals surface area contributed by atoms with Gasteiger partial charge in [-0.15, -0.1) is 0 Å². The Labute approximate surface area is 119 Å². The molecule has 0 radical (unpaired) electrons. The minimum Gasteiger partial charge on any atom is -0.409 e. The molecule has 6 heteroatoms. The molecule has 0 aliphatic heterocycles. The summed E-state index contributed by atoms with van der Waals surface area (Å²) in [7, 11) is 1.56. The van der Waals surface area contributed by atoms with Crippen molar-refractivity contribution >= 4 is 5.84 Å². The van der Waals surface area contributed by atoms with Gasteiger partial charge in [0.25, 0.3) is 0 Å². The highest BCUT2D eigenvalue weighted by Crippen LogP contribution is 2.16. The molecule has 2 atom stereocenters. The third-order valence-corrected chi connectivity index (χ3v) is 2.97. The van der Waals surface area contributed by atoms with Crippen molar-refractivity contribution in [3.05, 3.63) is 35.9 Å². The van der Waals surface area contributed by atoms with Gasteiger partial charge in [-0.2, -0.15) is 0 Å². The van der Waals surface area contributed by atoms with Crippen molar-refractivity contribution in [1.82, 2.24) is 5.32 Å². The fraction of sp³-hybridized carbons (Fsp3) is 0.500. The first-order valence-electron chi connectivity index (χ1n) is 6.59. The number of amidine groups is 1. The summed E-state index contributed by atoms with van der Waals surface area (Å²) in [6, 6.07) is 9.72. The number of methoxy groups -OCH3 is 1. The Morgan fingerprint density at radius 1 is 1.40 bits per heavy atom. The van der Waals surface area contributed by atoms with Crippen molar-refractivity contribution in [1.29, 1.82) is 0 Å². The molecule has 0 amide bonds. The number of rotatable bonds is 9. The van der Waals surface area contributed by atoms with Crippen LogP contribution in [0.25, 0.3) is 0 Å². The quantitative estimate of drug-likeness (QED) is 0.233. The Balaban J connectivity index is 2.55. The third-order valence-electron chi connectivity index (χ3n) is 2.97. The number of oxime groups is 1. The van der Waals surface area contributed by atoms with Gasteiger partial charge in [-0.25, -0.2) is 0 Å². The largest absolute Gasteiger partial charge is 0.409 e. The topological polar surface area (TPSA) is 100 Å². The van der Waals surface area contributed by atoms with E-state index in [1.54, 1.807) is 7.11 Å². The van der Waals surface area contributed by atoms with Crippen LogP contribution >= 0.6 is 0 Å². The first kappa shape index (κ1) is 16.4. The predicted molar refractivity (Wildman–Crippen MR) is 77.7 cm³/mol. The number of benzene rings is 1. The van der Waals surface area contributed by atoms with Crippen molar-refractivity contribution in [2.75, 3.05) is 20.3 Å². The van der Waals surface area contributed by atoms with Gasteiger partial charge in [-0.05, 0) is 18.5 Å². The average molecular weight is 281 g/mol. The van der Waals surface area contributed by atoms with Crippen LogP contribution in [0.1, 0.15) is 24.4 Å². The average Bonchev–Trinajstić information content (AvgIpc) is 2.47. The van der Waals surface area contributed by atoms with Gasteiger partial charge in [0, 0.05) is 19.6 Å². The molecule has 0 saturated carbocycles. The fourth-order valence-corrected chi connectivity index (χ4v) is 1.94. The number of hydrogen-bond donors (Lipinski definition) is 4. The number of aliphatic hydroxyl groups excluding tert-OH is 1. The minimum absolute atomic E-state index is 0.0538. The van der Waals surface area contributed by atoms with Crippen molar-refractivity contribution in [2.45, 2.75) is 25.0 Å². The van der Waals surface area contributed by atoms with Gasteiger partial charge in [0.15, 0.2) is 0 Å². The van der Waals surface area contributed by atoms with E-state index in [4.69, 9.17) is 15.7 Å². The summed E-state index contributed by atoms with van der Waals surface area (Å²) in [6.07, 6.45) is 0.488. The monoisotopic (exact) mass is 281 g/mol. The lowest BCUT2D eigenvalue weighted by Crippen LogP contribution is -2.30. The van der Waals surface area contributed by atoms with Gasteiger partial charge in [0.05, 0.1) is 12.7 Å². The summed E-state index contributed by atoms with van der Waals surface area (Å²) < 4.78 is 4.88. The molecule has 1 rings (SSSR count). The Morgan fingerprint density at radius 3 is 2.70 bits per heavy atom. The van der Waals surface area contributed by atoms with E-state index in [9.17, 15) is 5.11 Å². The maximum atomic E-state index is 9.61. The minimum atomic E-state index is -0.493.